The second-order valence-electron chi connectivity index (χ2n) is 7.57. The molecule has 0 unspecified atom stereocenters. The van der Waals surface area contributed by atoms with Crippen molar-refractivity contribution < 1.29 is 14.4 Å². The van der Waals surface area contributed by atoms with Gasteiger partial charge in [-0.2, -0.15) is 0 Å². The highest BCUT2D eigenvalue weighted by molar-refractivity contribution is 6.07. The highest BCUT2D eigenvalue weighted by Gasteiger charge is 2.47. The lowest BCUT2D eigenvalue weighted by atomic mass is 9.85. The molecule has 0 N–H and O–H groups in total. The van der Waals surface area contributed by atoms with Gasteiger partial charge in [-0.25, -0.2) is 0 Å². The van der Waals surface area contributed by atoms with E-state index in [9.17, 15) is 14.4 Å². The molecule has 1 aliphatic carbocycles. The van der Waals surface area contributed by atoms with Gasteiger partial charge in [0.1, 0.15) is 6.54 Å². The van der Waals surface area contributed by atoms with Crippen molar-refractivity contribution in [2.45, 2.75) is 19.8 Å². The van der Waals surface area contributed by atoms with E-state index < -0.39 is 0 Å². The summed E-state index contributed by atoms with van der Waals surface area (Å²) in [4.78, 5) is 43.0. The topological polar surface area (TPSA) is 60.9 Å². The Kier molecular flexibility index (Phi) is 4.72. The molecule has 3 amide bonds. The van der Waals surface area contributed by atoms with Crippen molar-refractivity contribution in [3.8, 4) is 0 Å². The van der Waals surface area contributed by atoms with Gasteiger partial charge in [-0.1, -0.05) is 30.4 Å². The maximum atomic E-state index is 12.7. The van der Waals surface area contributed by atoms with Gasteiger partial charge in [-0.05, 0) is 31.4 Å². The highest BCUT2D eigenvalue weighted by atomic mass is 16.2. The number of benzene rings is 1. The number of allylic oxidation sites excluding steroid dienone is 2. The predicted octanol–water partition coefficient (Wildman–Crippen LogP) is 1.59. The molecular weight excluding hydrogens is 342 g/mol. The number of fused-ring (bicyclic) bond motifs is 1. The summed E-state index contributed by atoms with van der Waals surface area (Å²) in [6.07, 6.45) is 5.13. The number of piperazine rings is 1. The van der Waals surface area contributed by atoms with Crippen LogP contribution in [0.4, 0.5) is 5.69 Å². The van der Waals surface area contributed by atoms with E-state index in [-0.39, 0.29) is 36.1 Å². The Morgan fingerprint density at radius 2 is 1.56 bits per heavy atom. The zero-order valence-electron chi connectivity index (χ0n) is 15.6. The summed E-state index contributed by atoms with van der Waals surface area (Å²) in [6.45, 7) is 4.71. The molecule has 2 fully saturated rings. The van der Waals surface area contributed by atoms with Crippen molar-refractivity contribution in [2.24, 2.45) is 11.8 Å². The van der Waals surface area contributed by atoms with Crippen LogP contribution < -0.4 is 4.90 Å². The van der Waals surface area contributed by atoms with Gasteiger partial charge in [0.25, 0.3) is 0 Å². The van der Waals surface area contributed by atoms with Gasteiger partial charge < -0.3 is 9.80 Å². The average molecular weight is 367 g/mol. The second kappa shape index (κ2) is 7.18. The van der Waals surface area contributed by atoms with Gasteiger partial charge in [0.15, 0.2) is 0 Å². The molecule has 1 aromatic rings. The van der Waals surface area contributed by atoms with E-state index >= 15 is 0 Å². The molecule has 2 heterocycles. The van der Waals surface area contributed by atoms with Gasteiger partial charge >= 0.3 is 0 Å². The summed E-state index contributed by atoms with van der Waals surface area (Å²) >= 11 is 0. The van der Waals surface area contributed by atoms with Crippen LogP contribution in [-0.4, -0.2) is 60.2 Å². The summed E-state index contributed by atoms with van der Waals surface area (Å²) in [5.41, 5.74) is 2.42. The summed E-state index contributed by atoms with van der Waals surface area (Å²) < 4.78 is 0. The largest absolute Gasteiger partial charge is 0.368 e. The van der Waals surface area contributed by atoms with Crippen LogP contribution in [0, 0.1) is 18.8 Å². The third kappa shape index (κ3) is 3.24. The number of rotatable bonds is 3. The number of amides is 3. The van der Waals surface area contributed by atoms with Crippen molar-refractivity contribution in [1.29, 1.82) is 0 Å². The quantitative estimate of drug-likeness (QED) is 0.601. The molecule has 4 rings (SSSR count). The molecule has 2 saturated heterocycles. The molecule has 0 spiro atoms. The number of carbonyl (C=O) groups is 3. The normalized spacial score (nSPS) is 25.1. The van der Waals surface area contributed by atoms with E-state index in [2.05, 4.69) is 24.0 Å². The molecule has 6 nitrogen and oxygen atoms in total. The van der Waals surface area contributed by atoms with Gasteiger partial charge in [0, 0.05) is 31.9 Å². The lowest BCUT2D eigenvalue weighted by molar-refractivity contribution is -0.146. The number of imide groups is 1. The van der Waals surface area contributed by atoms with Crippen LogP contribution in [0.5, 0.6) is 0 Å². The molecule has 27 heavy (non-hydrogen) atoms. The molecule has 6 heteroatoms. The molecule has 0 saturated carbocycles. The Labute approximate surface area is 159 Å². The van der Waals surface area contributed by atoms with Crippen LogP contribution in [-0.2, 0) is 14.4 Å². The summed E-state index contributed by atoms with van der Waals surface area (Å²) in [5, 5.41) is 0. The van der Waals surface area contributed by atoms with Gasteiger partial charge in [-0.3, -0.25) is 19.3 Å². The number of likely N-dealkylation sites (tertiary alicyclic amines) is 1. The monoisotopic (exact) mass is 367 g/mol. The number of nitrogens with zero attached hydrogens (tertiary/aromatic N) is 3. The van der Waals surface area contributed by atoms with E-state index in [1.807, 2.05) is 24.3 Å². The van der Waals surface area contributed by atoms with Crippen molar-refractivity contribution >= 4 is 23.4 Å². The zero-order chi connectivity index (χ0) is 19.0. The minimum atomic E-state index is -0.270. The standard InChI is InChI=1S/C21H25N3O3/c1-15-6-2-5-9-18(15)22-10-12-23(13-11-22)19(25)14-24-20(26)16-7-3-4-8-17(16)21(24)27/h2-6,9,16-17H,7-8,10-14H2,1H3/t16-,17+. The van der Waals surface area contributed by atoms with E-state index in [4.69, 9.17) is 0 Å². The number of hydrogen-bond donors (Lipinski definition) is 0. The van der Waals surface area contributed by atoms with Gasteiger partial charge in [0.05, 0.1) is 11.8 Å². The SMILES string of the molecule is Cc1ccccc1N1CCN(C(=O)CN2C(=O)[C@H]3CC=CC[C@H]3C2=O)CC1. The number of aryl methyl sites for hydroxylation is 1. The zero-order valence-corrected chi connectivity index (χ0v) is 15.6. The molecule has 2 aliphatic heterocycles. The first kappa shape index (κ1) is 17.8. The molecule has 3 aliphatic rings. The average Bonchev–Trinajstić information content (AvgIpc) is 2.94. The summed E-state index contributed by atoms with van der Waals surface area (Å²) in [5.74, 6) is -1.03. The first-order valence-electron chi connectivity index (χ1n) is 9.65. The van der Waals surface area contributed by atoms with Gasteiger partial charge in [-0.15, -0.1) is 0 Å². The fraction of sp³-hybridized carbons (Fsp3) is 0.476. The first-order chi connectivity index (χ1) is 13.1. The Hall–Kier alpha value is -2.63. The molecule has 0 bridgehead atoms. The smallest absolute Gasteiger partial charge is 0.242 e. The minimum Gasteiger partial charge on any atom is -0.368 e. The van der Waals surface area contributed by atoms with Crippen LogP contribution in [0.2, 0.25) is 0 Å². The van der Waals surface area contributed by atoms with Crippen molar-refractivity contribution in [1.82, 2.24) is 9.80 Å². The van der Waals surface area contributed by atoms with E-state index in [0.29, 0.717) is 25.9 Å². The lowest BCUT2D eigenvalue weighted by Gasteiger charge is -2.37. The van der Waals surface area contributed by atoms with Crippen molar-refractivity contribution in [3.63, 3.8) is 0 Å². The van der Waals surface area contributed by atoms with Crippen LogP contribution in [0.1, 0.15) is 18.4 Å². The predicted molar refractivity (Wildman–Crippen MR) is 102 cm³/mol. The summed E-state index contributed by atoms with van der Waals surface area (Å²) in [6, 6.07) is 8.24. The number of carbonyl (C=O) groups excluding carboxylic acids is 3. The van der Waals surface area contributed by atoms with E-state index in [1.54, 1.807) is 4.90 Å². The Balaban J connectivity index is 1.36. The van der Waals surface area contributed by atoms with E-state index in [1.165, 1.54) is 16.2 Å². The maximum Gasteiger partial charge on any atom is 0.242 e. The van der Waals surface area contributed by atoms with Gasteiger partial charge in [0.2, 0.25) is 17.7 Å². The van der Waals surface area contributed by atoms with Crippen LogP contribution >= 0.6 is 0 Å². The first-order valence-corrected chi connectivity index (χ1v) is 9.65. The third-order valence-corrected chi connectivity index (χ3v) is 5.98. The third-order valence-electron chi connectivity index (χ3n) is 5.98. The lowest BCUT2D eigenvalue weighted by Crippen LogP contribution is -2.52. The molecule has 0 aromatic heterocycles. The Morgan fingerprint density at radius 1 is 0.963 bits per heavy atom. The fourth-order valence-corrected chi connectivity index (χ4v) is 4.38. The second-order valence-corrected chi connectivity index (χ2v) is 7.57. The van der Waals surface area contributed by atoms with Crippen LogP contribution in [0.25, 0.3) is 0 Å². The number of hydrogen-bond acceptors (Lipinski definition) is 4. The van der Waals surface area contributed by atoms with E-state index in [0.717, 1.165) is 13.1 Å². The van der Waals surface area contributed by atoms with Crippen LogP contribution in [0.3, 0.4) is 0 Å². The highest BCUT2D eigenvalue weighted by Crippen LogP contribution is 2.35. The Morgan fingerprint density at radius 3 is 2.15 bits per heavy atom. The van der Waals surface area contributed by atoms with Crippen molar-refractivity contribution in [3.05, 3.63) is 42.0 Å². The van der Waals surface area contributed by atoms with Crippen molar-refractivity contribution in [2.75, 3.05) is 37.6 Å². The maximum absolute atomic E-state index is 12.7. The summed E-state index contributed by atoms with van der Waals surface area (Å²) in [7, 11) is 0. The number of para-hydroxylation sites is 1. The van der Waals surface area contributed by atoms with Crippen LogP contribution in [0.15, 0.2) is 36.4 Å². The fourth-order valence-electron chi connectivity index (χ4n) is 4.38. The molecule has 142 valence electrons. The molecular formula is C21H25N3O3. The molecule has 0 radical (unpaired) electrons. The number of anilines is 1. The Bertz CT molecular complexity index is 770. The molecule has 2 atom stereocenters. The minimum absolute atomic E-state index is 0.116. The molecule has 1 aromatic carbocycles.